The van der Waals surface area contributed by atoms with E-state index in [4.69, 9.17) is 4.74 Å². The summed E-state index contributed by atoms with van der Waals surface area (Å²) in [6.45, 7) is 2.77. The van der Waals surface area contributed by atoms with Crippen molar-refractivity contribution in [1.82, 2.24) is 20.2 Å². The number of nitrogens with zero attached hydrogens (tertiary/aromatic N) is 2. The Balaban J connectivity index is 1.33. The smallest absolute Gasteiger partial charge is 0.270 e. The average Bonchev–Trinajstić information content (AvgIpc) is 2.81. The van der Waals surface area contributed by atoms with Crippen molar-refractivity contribution in [2.75, 3.05) is 20.2 Å². The molecule has 4 rings (SSSR count). The van der Waals surface area contributed by atoms with E-state index in [9.17, 15) is 9.59 Å². The number of hydrogen-bond donors (Lipinski definition) is 2. The zero-order valence-corrected chi connectivity index (χ0v) is 18.2. The van der Waals surface area contributed by atoms with Crippen LogP contribution in [0.25, 0.3) is 0 Å². The van der Waals surface area contributed by atoms with E-state index < -0.39 is 0 Å². The minimum absolute atomic E-state index is 0.0839. The van der Waals surface area contributed by atoms with Gasteiger partial charge in [0, 0.05) is 38.2 Å². The van der Waals surface area contributed by atoms with Crippen LogP contribution >= 0.6 is 0 Å². The number of nitrogens with one attached hydrogen (secondary N) is 2. The van der Waals surface area contributed by atoms with Crippen molar-refractivity contribution in [1.29, 1.82) is 0 Å². The molecule has 1 saturated heterocycles. The van der Waals surface area contributed by atoms with E-state index in [1.165, 1.54) is 11.6 Å². The van der Waals surface area contributed by atoms with Gasteiger partial charge in [-0.05, 0) is 36.1 Å². The molecular formula is C25H28N4O3. The summed E-state index contributed by atoms with van der Waals surface area (Å²) < 4.78 is 5.17. The highest BCUT2D eigenvalue weighted by molar-refractivity contribution is 5.92. The van der Waals surface area contributed by atoms with Crippen LogP contribution in [0, 0.1) is 0 Å². The summed E-state index contributed by atoms with van der Waals surface area (Å²) in [7, 11) is 1.61. The van der Waals surface area contributed by atoms with Crippen LogP contribution < -0.4 is 15.6 Å². The highest BCUT2D eigenvalue weighted by Crippen LogP contribution is 2.15. The Hall–Kier alpha value is -3.45. The fourth-order valence-corrected chi connectivity index (χ4v) is 3.98. The molecule has 1 aliphatic rings. The van der Waals surface area contributed by atoms with Gasteiger partial charge in [-0.25, -0.2) is 4.98 Å². The fraction of sp³-hybridized carbons (Fsp3) is 0.320. The molecule has 1 aromatic heterocycles. The Morgan fingerprint density at radius 2 is 1.81 bits per heavy atom. The molecular weight excluding hydrogens is 404 g/mol. The second kappa shape index (κ2) is 10.2. The molecule has 0 aliphatic carbocycles. The fourth-order valence-electron chi connectivity index (χ4n) is 3.98. The van der Waals surface area contributed by atoms with Gasteiger partial charge in [0.05, 0.1) is 7.11 Å². The van der Waals surface area contributed by atoms with Gasteiger partial charge < -0.3 is 15.0 Å². The summed E-state index contributed by atoms with van der Waals surface area (Å²) in [5.74, 6) is 0.928. The molecule has 166 valence electrons. The summed E-state index contributed by atoms with van der Waals surface area (Å²) in [4.78, 5) is 34.4. The van der Waals surface area contributed by atoms with E-state index in [0.717, 1.165) is 43.8 Å². The molecule has 0 unspecified atom stereocenters. The van der Waals surface area contributed by atoms with E-state index in [2.05, 4.69) is 44.5 Å². The van der Waals surface area contributed by atoms with E-state index in [0.29, 0.717) is 12.2 Å². The molecule has 0 spiro atoms. The second-order valence-corrected chi connectivity index (χ2v) is 8.11. The first-order chi connectivity index (χ1) is 15.6. The van der Waals surface area contributed by atoms with Crippen LogP contribution in [0.1, 0.15) is 40.3 Å². The number of ether oxygens (including phenoxy) is 1. The molecule has 0 atom stereocenters. The molecule has 2 aromatic carbocycles. The van der Waals surface area contributed by atoms with Gasteiger partial charge in [0.2, 0.25) is 0 Å². The average molecular weight is 433 g/mol. The number of hydrogen-bond acceptors (Lipinski definition) is 5. The topological polar surface area (TPSA) is 87.3 Å². The third-order valence-electron chi connectivity index (χ3n) is 5.73. The van der Waals surface area contributed by atoms with Gasteiger partial charge in [-0.1, -0.05) is 42.5 Å². The molecule has 1 aliphatic heterocycles. The van der Waals surface area contributed by atoms with Crippen LogP contribution in [0.2, 0.25) is 0 Å². The van der Waals surface area contributed by atoms with Crippen LogP contribution in [-0.2, 0) is 13.0 Å². The molecule has 32 heavy (non-hydrogen) atoms. The molecule has 2 N–H and O–H groups in total. The van der Waals surface area contributed by atoms with Crippen molar-refractivity contribution < 1.29 is 9.53 Å². The quantitative estimate of drug-likeness (QED) is 0.600. The number of aromatic amines is 1. The molecule has 1 fully saturated rings. The minimum atomic E-state index is -0.327. The summed E-state index contributed by atoms with van der Waals surface area (Å²) in [5.41, 5.74) is 2.10. The van der Waals surface area contributed by atoms with Gasteiger partial charge in [0.15, 0.2) is 0 Å². The third kappa shape index (κ3) is 5.82. The minimum Gasteiger partial charge on any atom is -0.497 e. The highest BCUT2D eigenvalue weighted by Gasteiger charge is 2.22. The molecule has 3 aromatic rings. The Morgan fingerprint density at radius 1 is 1.09 bits per heavy atom. The number of carbonyl (C=O) groups excluding carboxylic acids is 1. The van der Waals surface area contributed by atoms with Gasteiger partial charge in [0.1, 0.15) is 17.3 Å². The van der Waals surface area contributed by atoms with Gasteiger partial charge in [-0.3, -0.25) is 14.5 Å². The summed E-state index contributed by atoms with van der Waals surface area (Å²) in [6.07, 6.45) is 2.18. The lowest BCUT2D eigenvalue weighted by Crippen LogP contribution is -2.44. The first-order valence-electron chi connectivity index (χ1n) is 10.9. The Kier molecular flexibility index (Phi) is 6.97. The standard InChI is InChI=1S/C25H28N4O3/c1-32-21-9-7-18(8-10-21)15-23-27-22(16-24(30)28-23)25(31)26-20-11-13-29(14-12-20)17-19-5-3-2-4-6-19/h2-10,16,20H,11-15,17H2,1H3,(H,26,31)(H,27,28,30). The van der Waals surface area contributed by atoms with E-state index in [1.807, 2.05) is 30.3 Å². The van der Waals surface area contributed by atoms with E-state index >= 15 is 0 Å². The summed E-state index contributed by atoms with van der Waals surface area (Å²) in [5, 5.41) is 3.06. The summed E-state index contributed by atoms with van der Waals surface area (Å²) in [6, 6.07) is 19.3. The maximum Gasteiger partial charge on any atom is 0.270 e. The van der Waals surface area contributed by atoms with E-state index in [1.54, 1.807) is 7.11 Å². The predicted octanol–water partition coefficient (Wildman–Crippen LogP) is 2.76. The maximum absolute atomic E-state index is 12.8. The predicted molar refractivity (Wildman–Crippen MR) is 123 cm³/mol. The largest absolute Gasteiger partial charge is 0.497 e. The number of aromatic nitrogens is 2. The highest BCUT2D eigenvalue weighted by atomic mass is 16.5. The van der Waals surface area contributed by atoms with Crippen molar-refractivity contribution in [3.05, 3.63) is 93.7 Å². The first-order valence-corrected chi connectivity index (χ1v) is 10.9. The van der Waals surface area contributed by atoms with Gasteiger partial charge in [0.25, 0.3) is 11.5 Å². The molecule has 0 bridgehead atoms. The van der Waals surface area contributed by atoms with Crippen LogP contribution in [0.3, 0.4) is 0 Å². The number of benzene rings is 2. The van der Waals surface area contributed by atoms with Crippen LogP contribution in [-0.4, -0.2) is 47.0 Å². The van der Waals surface area contributed by atoms with E-state index in [-0.39, 0.29) is 23.2 Å². The monoisotopic (exact) mass is 432 g/mol. The number of likely N-dealkylation sites (tertiary alicyclic amines) is 1. The second-order valence-electron chi connectivity index (χ2n) is 8.11. The zero-order chi connectivity index (χ0) is 22.3. The van der Waals surface area contributed by atoms with Gasteiger partial charge in [-0.15, -0.1) is 0 Å². The van der Waals surface area contributed by atoms with Gasteiger partial charge in [-0.2, -0.15) is 0 Å². The molecule has 1 amide bonds. The lowest BCUT2D eigenvalue weighted by atomic mass is 10.0. The number of methoxy groups -OCH3 is 1. The lowest BCUT2D eigenvalue weighted by molar-refractivity contribution is 0.0903. The number of H-pyrrole nitrogens is 1. The van der Waals surface area contributed by atoms with Crippen LogP contribution in [0.15, 0.2) is 65.5 Å². The zero-order valence-electron chi connectivity index (χ0n) is 18.2. The van der Waals surface area contributed by atoms with Crippen LogP contribution in [0.5, 0.6) is 5.75 Å². The SMILES string of the molecule is COc1ccc(Cc2nc(C(=O)NC3CCN(Cc4ccccc4)CC3)cc(=O)[nH]2)cc1. The Bertz CT molecular complexity index is 1090. The lowest BCUT2D eigenvalue weighted by Gasteiger charge is -2.32. The third-order valence-corrected chi connectivity index (χ3v) is 5.73. The number of piperidine rings is 1. The Labute approximate surface area is 187 Å². The Morgan fingerprint density at radius 3 is 2.50 bits per heavy atom. The van der Waals surface area contributed by atoms with Crippen molar-refractivity contribution in [3.63, 3.8) is 0 Å². The van der Waals surface area contributed by atoms with Crippen molar-refractivity contribution in [3.8, 4) is 5.75 Å². The number of amides is 1. The molecule has 2 heterocycles. The molecule has 0 saturated carbocycles. The van der Waals surface area contributed by atoms with Crippen molar-refractivity contribution in [2.24, 2.45) is 0 Å². The van der Waals surface area contributed by atoms with Gasteiger partial charge >= 0.3 is 0 Å². The summed E-state index contributed by atoms with van der Waals surface area (Å²) >= 11 is 0. The van der Waals surface area contributed by atoms with Crippen molar-refractivity contribution >= 4 is 5.91 Å². The molecule has 0 radical (unpaired) electrons. The first kappa shape index (κ1) is 21.8. The number of carbonyl (C=O) groups is 1. The molecule has 7 nitrogen and oxygen atoms in total. The normalized spacial score (nSPS) is 14.8. The maximum atomic E-state index is 12.8. The molecule has 7 heteroatoms. The van der Waals surface area contributed by atoms with Crippen LogP contribution in [0.4, 0.5) is 0 Å². The van der Waals surface area contributed by atoms with Crippen molar-refractivity contribution in [2.45, 2.75) is 31.8 Å². The number of rotatable bonds is 7.